The van der Waals surface area contributed by atoms with Gasteiger partial charge in [-0.1, -0.05) is 12.8 Å². The van der Waals surface area contributed by atoms with Crippen molar-refractivity contribution < 1.29 is 4.55 Å². The highest BCUT2D eigenvalue weighted by molar-refractivity contribution is 7.90. The lowest BCUT2D eigenvalue weighted by Gasteiger charge is -2.66. The maximum atomic E-state index is 12.8. The minimum absolute atomic E-state index is 0.174. The summed E-state index contributed by atoms with van der Waals surface area (Å²) in [4.78, 5) is 2.65. The molecule has 1 N–H and O–H groups in total. The van der Waals surface area contributed by atoms with E-state index in [1.165, 1.54) is 51.6 Å². The smallest absolute Gasteiger partial charge is 0.136 e. The van der Waals surface area contributed by atoms with Crippen LogP contribution in [0.1, 0.15) is 80.1 Å². The molecule has 3 rings (SSSR count). The number of nitrogens with zero attached hydrogens (tertiary/aromatic N) is 1. The van der Waals surface area contributed by atoms with Gasteiger partial charge in [-0.3, -0.25) is 4.90 Å². The lowest BCUT2D eigenvalue weighted by Crippen LogP contribution is -2.71. The fourth-order valence-corrected chi connectivity index (χ4v) is 6.58. The second kappa shape index (κ2) is 6.44. The van der Waals surface area contributed by atoms with E-state index in [9.17, 15) is 4.55 Å². The fourth-order valence-electron chi connectivity index (χ4n) is 5.58. The summed E-state index contributed by atoms with van der Waals surface area (Å²) in [6, 6.07) is 0.477. The Kier molecular flexibility index (Phi) is 5.10. The summed E-state index contributed by atoms with van der Waals surface area (Å²) < 4.78 is 16.2. The van der Waals surface area contributed by atoms with Crippen LogP contribution in [0.4, 0.5) is 0 Å². The molecule has 1 saturated heterocycles. The molecule has 0 bridgehead atoms. The van der Waals surface area contributed by atoms with E-state index in [4.69, 9.17) is 0 Å². The molecule has 1 aliphatic heterocycles. The normalized spacial score (nSPS) is 35.4. The molecular formula is C20H38N2OS. The van der Waals surface area contributed by atoms with Gasteiger partial charge in [-0.15, -0.1) is 4.72 Å². The van der Waals surface area contributed by atoms with E-state index in [1.54, 1.807) is 0 Å². The molecule has 24 heavy (non-hydrogen) atoms. The SMILES string of the molecule is CC(C)(C)N1CCC2(CC1)C1CCCC[C@@H]1C2N[S+]([O-])C(C)(C)C. The van der Waals surface area contributed by atoms with Gasteiger partial charge in [0.1, 0.15) is 4.75 Å². The number of nitrogens with one attached hydrogen (secondary N) is 1. The molecule has 3 aliphatic rings. The quantitative estimate of drug-likeness (QED) is 0.759. The van der Waals surface area contributed by atoms with E-state index in [1.807, 2.05) is 0 Å². The molecule has 2 aliphatic carbocycles. The number of hydrogen-bond donors (Lipinski definition) is 1. The van der Waals surface area contributed by atoms with Gasteiger partial charge in [0.2, 0.25) is 0 Å². The van der Waals surface area contributed by atoms with Crippen molar-refractivity contribution in [3.63, 3.8) is 0 Å². The van der Waals surface area contributed by atoms with Crippen molar-refractivity contribution in [1.82, 2.24) is 9.62 Å². The fraction of sp³-hybridized carbons (Fsp3) is 1.00. The Labute approximate surface area is 152 Å². The van der Waals surface area contributed by atoms with Crippen molar-refractivity contribution in [3.05, 3.63) is 0 Å². The van der Waals surface area contributed by atoms with E-state index in [2.05, 4.69) is 51.2 Å². The lowest BCUT2D eigenvalue weighted by atomic mass is 9.43. The van der Waals surface area contributed by atoms with Crippen LogP contribution in [0, 0.1) is 17.3 Å². The van der Waals surface area contributed by atoms with Gasteiger partial charge in [0.25, 0.3) is 0 Å². The lowest BCUT2D eigenvalue weighted by molar-refractivity contribution is -0.143. The Morgan fingerprint density at radius 3 is 2.12 bits per heavy atom. The van der Waals surface area contributed by atoms with Crippen LogP contribution in [-0.4, -0.2) is 38.9 Å². The molecule has 4 heteroatoms. The molecule has 0 amide bonds. The standard InChI is InChI=1S/C20H38N2OS/c1-18(2,3)22-13-11-20(12-14-22)16-10-8-7-9-15(16)17(20)21-24(23)19(4,5)6/h15-17,21H,7-14H2,1-6H3/t15-,16?,17?,24?/m0/s1. The monoisotopic (exact) mass is 354 g/mol. The first-order valence-electron chi connectivity index (χ1n) is 9.99. The molecule has 1 heterocycles. The van der Waals surface area contributed by atoms with Gasteiger partial charge in [-0.25, -0.2) is 0 Å². The second-order valence-electron chi connectivity index (χ2n) is 10.4. The van der Waals surface area contributed by atoms with Crippen LogP contribution in [0.3, 0.4) is 0 Å². The third-order valence-corrected chi connectivity index (χ3v) is 8.62. The molecule has 0 aromatic carbocycles. The van der Waals surface area contributed by atoms with E-state index >= 15 is 0 Å². The van der Waals surface area contributed by atoms with Crippen molar-refractivity contribution >= 4 is 11.4 Å². The number of likely N-dealkylation sites (tertiary alicyclic amines) is 1. The van der Waals surface area contributed by atoms with Crippen LogP contribution < -0.4 is 4.72 Å². The molecule has 0 aromatic heterocycles. The molecular weight excluding hydrogens is 316 g/mol. The van der Waals surface area contributed by atoms with Crippen LogP contribution in [0.2, 0.25) is 0 Å². The highest BCUT2D eigenvalue weighted by atomic mass is 32.2. The van der Waals surface area contributed by atoms with Crippen LogP contribution >= 0.6 is 0 Å². The molecule has 2 saturated carbocycles. The molecule has 0 radical (unpaired) electrons. The summed E-state index contributed by atoms with van der Waals surface area (Å²) in [5.41, 5.74) is 0.683. The molecule has 4 atom stereocenters. The topological polar surface area (TPSA) is 38.3 Å². The van der Waals surface area contributed by atoms with Crippen molar-refractivity contribution in [1.29, 1.82) is 0 Å². The van der Waals surface area contributed by atoms with E-state index in [0.29, 0.717) is 11.5 Å². The highest BCUT2D eigenvalue weighted by Crippen LogP contribution is 2.62. The third kappa shape index (κ3) is 3.28. The van der Waals surface area contributed by atoms with Crippen molar-refractivity contribution in [2.24, 2.45) is 17.3 Å². The first kappa shape index (κ1) is 19.0. The van der Waals surface area contributed by atoms with E-state index in [0.717, 1.165) is 11.8 Å². The molecule has 1 spiro atoms. The molecule has 140 valence electrons. The zero-order chi connectivity index (χ0) is 17.8. The minimum atomic E-state index is -0.948. The van der Waals surface area contributed by atoms with Gasteiger partial charge in [0.05, 0.1) is 6.04 Å². The molecule has 3 fully saturated rings. The van der Waals surface area contributed by atoms with Crippen LogP contribution in [-0.2, 0) is 11.4 Å². The maximum absolute atomic E-state index is 12.8. The van der Waals surface area contributed by atoms with Crippen LogP contribution in [0.5, 0.6) is 0 Å². The van der Waals surface area contributed by atoms with Gasteiger partial charge in [0.15, 0.2) is 0 Å². The number of fused-ring (bicyclic) bond motifs is 2. The summed E-state index contributed by atoms with van der Waals surface area (Å²) in [6.07, 6.45) is 8.08. The van der Waals surface area contributed by atoms with Gasteiger partial charge in [-0.05, 0) is 97.6 Å². The average molecular weight is 355 g/mol. The second-order valence-corrected chi connectivity index (χ2v) is 12.4. The summed E-state index contributed by atoms with van der Waals surface area (Å²) in [5.74, 6) is 1.65. The first-order chi connectivity index (χ1) is 11.1. The summed E-state index contributed by atoms with van der Waals surface area (Å²) in [6.45, 7) is 15.7. The van der Waals surface area contributed by atoms with Crippen molar-refractivity contribution in [2.75, 3.05) is 13.1 Å². The largest absolute Gasteiger partial charge is 0.598 e. The Hall–Kier alpha value is 0.230. The van der Waals surface area contributed by atoms with Crippen molar-refractivity contribution in [2.45, 2.75) is 96.4 Å². The number of rotatable bonds is 2. The van der Waals surface area contributed by atoms with Crippen LogP contribution in [0.25, 0.3) is 0 Å². The van der Waals surface area contributed by atoms with Gasteiger partial charge < -0.3 is 4.55 Å². The Morgan fingerprint density at radius 2 is 1.58 bits per heavy atom. The first-order valence-corrected chi connectivity index (χ1v) is 11.1. The Bertz CT molecular complexity index is 446. The maximum Gasteiger partial charge on any atom is 0.136 e. The van der Waals surface area contributed by atoms with Gasteiger partial charge in [0, 0.05) is 16.9 Å². The Balaban J connectivity index is 1.74. The predicted octanol–water partition coefficient (Wildman–Crippen LogP) is 4.11. The molecule has 0 aromatic rings. The number of hydrogen-bond acceptors (Lipinski definition) is 3. The summed E-state index contributed by atoms with van der Waals surface area (Å²) >= 11 is -0.948. The summed E-state index contributed by atoms with van der Waals surface area (Å²) in [5, 5.41) is 0. The molecule has 3 unspecified atom stereocenters. The third-order valence-electron chi connectivity index (χ3n) is 7.04. The van der Waals surface area contributed by atoms with Crippen molar-refractivity contribution in [3.8, 4) is 0 Å². The van der Waals surface area contributed by atoms with E-state index in [-0.39, 0.29) is 10.3 Å². The zero-order valence-electron chi connectivity index (χ0n) is 16.7. The minimum Gasteiger partial charge on any atom is -0.598 e. The van der Waals surface area contributed by atoms with Gasteiger partial charge in [-0.2, -0.15) is 0 Å². The predicted molar refractivity (Wildman–Crippen MR) is 103 cm³/mol. The summed E-state index contributed by atoms with van der Waals surface area (Å²) in [7, 11) is 0. The Morgan fingerprint density at radius 1 is 1.00 bits per heavy atom. The van der Waals surface area contributed by atoms with Crippen LogP contribution in [0.15, 0.2) is 0 Å². The molecule has 3 nitrogen and oxygen atoms in total. The average Bonchev–Trinajstić information content (AvgIpc) is 2.50. The highest BCUT2D eigenvalue weighted by Gasteiger charge is 2.63. The van der Waals surface area contributed by atoms with E-state index < -0.39 is 11.4 Å². The zero-order valence-corrected chi connectivity index (χ0v) is 17.5. The number of piperidine rings is 1. The van der Waals surface area contributed by atoms with Gasteiger partial charge >= 0.3 is 0 Å².